The van der Waals surface area contributed by atoms with Crippen LogP contribution in [0.25, 0.3) is 22.2 Å². The molecule has 3 aromatic carbocycles. The van der Waals surface area contributed by atoms with Gasteiger partial charge in [-0.3, -0.25) is 4.79 Å². The first-order chi connectivity index (χ1) is 14.9. The largest absolute Gasteiger partial charge is 0.454 e. The molecule has 0 aliphatic carbocycles. The minimum Gasteiger partial charge on any atom is -0.454 e. The van der Waals surface area contributed by atoms with Gasteiger partial charge >= 0.3 is 5.97 Å². The van der Waals surface area contributed by atoms with E-state index in [1.165, 1.54) is 0 Å². The quantitative estimate of drug-likeness (QED) is 0.279. The molecular formula is C26H20ClNO3. The molecule has 0 aliphatic heterocycles. The summed E-state index contributed by atoms with van der Waals surface area (Å²) in [5.41, 5.74) is 5.32. The molecule has 154 valence electrons. The van der Waals surface area contributed by atoms with Crippen molar-refractivity contribution in [3.05, 3.63) is 100 Å². The lowest BCUT2D eigenvalue weighted by atomic mass is 9.99. The van der Waals surface area contributed by atoms with Crippen molar-refractivity contribution in [2.45, 2.75) is 13.8 Å². The normalized spacial score (nSPS) is 10.8. The first-order valence-electron chi connectivity index (χ1n) is 9.85. The first-order valence-corrected chi connectivity index (χ1v) is 10.2. The third-order valence-electron chi connectivity index (χ3n) is 5.11. The van der Waals surface area contributed by atoms with Gasteiger partial charge in [-0.1, -0.05) is 47.5 Å². The van der Waals surface area contributed by atoms with Gasteiger partial charge in [0, 0.05) is 21.5 Å². The lowest BCUT2D eigenvalue weighted by molar-refractivity contribution is 0.0476. The number of Topliss-reactive ketones (excluding diaryl/α,β-unsaturated/α-hetero) is 1. The van der Waals surface area contributed by atoms with Crippen LogP contribution in [0.1, 0.15) is 31.8 Å². The third-order valence-corrected chi connectivity index (χ3v) is 5.36. The number of pyridine rings is 1. The van der Waals surface area contributed by atoms with Gasteiger partial charge in [-0.15, -0.1) is 0 Å². The van der Waals surface area contributed by atoms with E-state index >= 15 is 0 Å². The van der Waals surface area contributed by atoms with Crippen LogP contribution >= 0.6 is 11.6 Å². The molecule has 0 N–H and O–H groups in total. The van der Waals surface area contributed by atoms with E-state index in [1.54, 1.807) is 30.3 Å². The Morgan fingerprint density at radius 2 is 1.68 bits per heavy atom. The number of ketones is 1. The van der Waals surface area contributed by atoms with E-state index in [0.29, 0.717) is 32.7 Å². The summed E-state index contributed by atoms with van der Waals surface area (Å²) in [5.74, 6) is -0.856. The molecule has 4 rings (SSSR count). The highest BCUT2D eigenvalue weighted by atomic mass is 35.5. The van der Waals surface area contributed by atoms with Crippen LogP contribution in [0.5, 0.6) is 0 Å². The standard InChI is InChI=1S/C26H20ClNO3/c1-16-7-8-17(2)21(13-16)24-14-22(20-5-3-4-6-23(20)28-24)26(30)31-15-25(29)18-9-11-19(27)12-10-18/h3-14H,15H2,1-2H3. The van der Waals surface area contributed by atoms with Crippen molar-refractivity contribution in [3.63, 3.8) is 0 Å². The number of halogens is 1. The van der Waals surface area contributed by atoms with E-state index in [2.05, 4.69) is 0 Å². The molecule has 0 amide bonds. The Hall–Kier alpha value is -3.50. The molecule has 5 heteroatoms. The first kappa shape index (κ1) is 20.8. The van der Waals surface area contributed by atoms with Crippen molar-refractivity contribution < 1.29 is 14.3 Å². The topological polar surface area (TPSA) is 56.3 Å². The Morgan fingerprint density at radius 3 is 2.45 bits per heavy atom. The van der Waals surface area contributed by atoms with Crippen LogP contribution in [-0.4, -0.2) is 23.3 Å². The summed E-state index contributed by atoms with van der Waals surface area (Å²) in [4.78, 5) is 30.1. The zero-order valence-electron chi connectivity index (χ0n) is 17.2. The lowest BCUT2D eigenvalue weighted by Gasteiger charge is -2.12. The number of hydrogen-bond acceptors (Lipinski definition) is 4. The number of esters is 1. The summed E-state index contributed by atoms with van der Waals surface area (Å²) in [5, 5.41) is 1.22. The highest BCUT2D eigenvalue weighted by molar-refractivity contribution is 6.30. The molecule has 0 fully saturated rings. The minimum absolute atomic E-state index is 0.293. The van der Waals surface area contributed by atoms with E-state index in [-0.39, 0.29) is 12.4 Å². The van der Waals surface area contributed by atoms with Crippen molar-refractivity contribution in [3.8, 4) is 11.3 Å². The van der Waals surface area contributed by atoms with Crippen molar-refractivity contribution >= 4 is 34.3 Å². The average Bonchev–Trinajstić information content (AvgIpc) is 2.78. The number of carbonyl (C=O) groups excluding carboxylic acids is 2. The molecule has 0 saturated heterocycles. The van der Waals surface area contributed by atoms with Gasteiger partial charge in [-0.25, -0.2) is 9.78 Å². The maximum atomic E-state index is 13.0. The van der Waals surface area contributed by atoms with Crippen molar-refractivity contribution in [1.29, 1.82) is 0 Å². The molecule has 0 bridgehead atoms. The van der Waals surface area contributed by atoms with Crippen LogP contribution in [0.3, 0.4) is 0 Å². The van der Waals surface area contributed by atoms with E-state index in [4.69, 9.17) is 21.3 Å². The fourth-order valence-electron chi connectivity index (χ4n) is 3.42. The number of rotatable bonds is 5. The number of ether oxygens (including phenoxy) is 1. The van der Waals surface area contributed by atoms with Gasteiger partial charge in [-0.05, 0) is 61.9 Å². The van der Waals surface area contributed by atoms with Crippen LogP contribution in [0, 0.1) is 13.8 Å². The van der Waals surface area contributed by atoms with Gasteiger partial charge in [0.15, 0.2) is 12.4 Å². The van der Waals surface area contributed by atoms with Crippen molar-refractivity contribution in [1.82, 2.24) is 4.98 Å². The molecule has 1 aromatic heterocycles. The Morgan fingerprint density at radius 1 is 0.935 bits per heavy atom. The number of aryl methyl sites for hydroxylation is 2. The Kier molecular flexibility index (Phi) is 5.83. The monoisotopic (exact) mass is 429 g/mol. The molecular weight excluding hydrogens is 410 g/mol. The molecule has 0 saturated carbocycles. The smallest absolute Gasteiger partial charge is 0.339 e. The molecule has 0 radical (unpaired) electrons. The Labute approximate surface area is 185 Å². The zero-order chi connectivity index (χ0) is 22.0. The van der Waals surface area contributed by atoms with Crippen LogP contribution in [0.4, 0.5) is 0 Å². The zero-order valence-corrected chi connectivity index (χ0v) is 17.9. The predicted octanol–water partition coefficient (Wildman–Crippen LogP) is 6.21. The second-order valence-corrected chi connectivity index (χ2v) is 7.83. The summed E-state index contributed by atoms with van der Waals surface area (Å²) in [6.45, 7) is 3.67. The Balaban J connectivity index is 1.67. The van der Waals surface area contributed by atoms with Crippen LogP contribution in [-0.2, 0) is 4.74 Å². The van der Waals surface area contributed by atoms with Gasteiger partial charge in [-0.2, -0.15) is 0 Å². The number of benzene rings is 3. The van der Waals surface area contributed by atoms with Gasteiger partial charge in [0.25, 0.3) is 0 Å². The van der Waals surface area contributed by atoms with Gasteiger partial charge in [0.05, 0.1) is 16.8 Å². The van der Waals surface area contributed by atoms with Crippen LogP contribution in [0.15, 0.2) is 72.8 Å². The maximum absolute atomic E-state index is 13.0. The summed E-state index contributed by atoms with van der Waals surface area (Å²) in [6.07, 6.45) is 0. The fourth-order valence-corrected chi connectivity index (χ4v) is 3.55. The van der Waals surface area contributed by atoms with Crippen molar-refractivity contribution in [2.24, 2.45) is 0 Å². The second-order valence-electron chi connectivity index (χ2n) is 7.40. The second kappa shape index (κ2) is 8.70. The van der Waals surface area contributed by atoms with Gasteiger partial charge in [0.2, 0.25) is 0 Å². The van der Waals surface area contributed by atoms with Gasteiger partial charge < -0.3 is 4.74 Å². The fraction of sp³-hybridized carbons (Fsp3) is 0.115. The van der Waals surface area contributed by atoms with E-state index in [0.717, 1.165) is 16.7 Å². The molecule has 0 spiro atoms. The molecule has 0 unspecified atom stereocenters. The number of fused-ring (bicyclic) bond motifs is 1. The number of carbonyl (C=O) groups is 2. The summed E-state index contributed by atoms with van der Waals surface area (Å²) >= 11 is 5.86. The molecule has 31 heavy (non-hydrogen) atoms. The number of aromatic nitrogens is 1. The highest BCUT2D eigenvalue weighted by Crippen LogP contribution is 2.28. The van der Waals surface area contributed by atoms with Gasteiger partial charge in [0.1, 0.15) is 0 Å². The number of para-hydroxylation sites is 1. The van der Waals surface area contributed by atoms with E-state index in [9.17, 15) is 9.59 Å². The minimum atomic E-state index is -0.563. The van der Waals surface area contributed by atoms with E-state index < -0.39 is 5.97 Å². The van der Waals surface area contributed by atoms with Crippen LogP contribution < -0.4 is 0 Å². The van der Waals surface area contributed by atoms with Crippen molar-refractivity contribution in [2.75, 3.05) is 6.61 Å². The predicted molar refractivity (Wildman–Crippen MR) is 123 cm³/mol. The van der Waals surface area contributed by atoms with Crippen LogP contribution in [0.2, 0.25) is 5.02 Å². The number of nitrogens with zero attached hydrogens (tertiary/aromatic N) is 1. The van der Waals surface area contributed by atoms with E-state index in [1.807, 2.05) is 56.3 Å². The summed E-state index contributed by atoms with van der Waals surface area (Å²) in [7, 11) is 0. The molecule has 1 heterocycles. The molecule has 0 atom stereocenters. The lowest BCUT2D eigenvalue weighted by Crippen LogP contribution is -2.15. The maximum Gasteiger partial charge on any atom is 0.339 e. The molecule has 4 nitrogen and oxygen atoms in total. The highest BCUT2D eigenvalue weighted by Gasteiger charge is 2.18. The molecule has 4 aromatic rings. The summed E-state index contributed by atoms with van der Waals surface area (Å²) < 4.78 is 5.38. The summed E-state index contributed by atoms with van der Waals surface area (Å²) in [6, 6.07) is 21.7. The average molecular weight is 430 g/mol. The SMILES string of the molecule is Cc1ccc(C)c(-c2cc(C(=O)OCC(=O)c3ccc(Cl)cc3)c3ccccc3n2)c1. The molecule has 0 aliphatic rings. The third kappa shape index (κ3) is 4.49. The number of hydrogen-bond donors (Lipinski definition) is 0. The Bertz CT molecular complexity index is 1300.